The Kier molecular flexibility index (Phi) is 4.34. The predicted molar refractivity (Wildman–Crippen MR) is 91.6 cm³/mol. The van der Waals surface area contributed by atoms with Gasteiger partial charge in [-0.15, -0.1) is 0 Å². The maximum Gasteiger partial charge on any atom is 0.246 e. The van der Waals surface area contributed by atoms with Gasteiger partial charge in [0.1, 0.15) is 0 Å². The van der Waals surface area contributed by atoms with E-state index in [1.165, 1.54) is 16.1 Å². The van der Waals surface area contributed by atoms with Gasteiger partial charge in [-0.2, -0.15) is 0 Å². The van der Waals surface area contributed by atoms with E-state index < -0.39 is 21.2 Å². The van der Waals surface area contributed by atoms with Crippen LogP contribution in [0.4, 0.5) is 5.69 Å². The van der Waals surface area contributed by atoms with E-state index in [0.29, 0.717) is 12.2 Å². The Bertz CT molecular complexity index is 713. The number of benzene rings is 1. The van der Waals surface area contributed by atoms with Crippen LogP contribution >= 0.6 is 15.9 Å². The number of carbonyl (C=O) groups excluding carboxylic acids is 1. The zero-order chi connectivity index (χ0) is 16.9. The quantitative estimate of drug-likeness (QED) is 0.798. The van der Waals surface area contributed by atoms with Gasteiger partial charge in [0.05, 0.1) is 5.69 Å². The Balaban J connectivity index is 2.54. The average molecular weight is 389 g/mol. The van der Waals surface area contributed by atoms with E-state index >= 15 is 0 Å². The largest absolute Gasteiger partial charge is 0.348 e. The van der Waals surface area contributed by atoms with E-state index in [1.54, 1.807) is 14.1 Å². The molecule has 1 unspecified atom stereocenters. The number of rotatable bonds is 3. The molecule has 122 valence electrons. The minimum absolute atomic E-state index is 0.299. The van der Waals surface area contributed by atoms with Crippen LogP contribution in [0.15, 0.2) is 22.7 Å². The lowest BCUT2D eigenvalue weighted by molar-refractivity contribution is -0.127. The second-order valence-corrected chi connectivity index (χ2v) is 9.48. The van der Waals surface area contributed by atoms with Crippen molar-refractivity contribution in [2.24, 2.45) is 0 Å². The third-order valence-corrected chi connectivity index (χ3v) is 6.71. The molecule has 1 aromatic carbocycles. The summed E-state index contributed by atoms with van der Waals surface area (Å²) in [5.74, 6) is -0.418. The molecule has 22 heavy (non-hydrogen) atoms. The monoisotopic (exact) mass is 388 g/mol. The Morgan fingerprint density at radius 3 is 2.50 bits per heavy atom. The number of amides is 1. The Morgan fingerprint density at radius 1 is 1.36 bits per heavy atom. The molecule has 0 aromatic heterocycles. The Morgan fingerprint density at radius 2 is 1.95 bits per heavy atom. The van der Waals surface area contributed by atoms with Gasteiger partial charge >= 0.3 is 0 Å². The topological polar surface area (TPSA) is 57.7 Å². The van der Waals surface area contributed by atoms with Crippen molar-refractivity contribution in [2.75, 3.05) is 24.9 Å². The maximum atomic E-state index is 12.9. The van der Waals surface area contributed by atoms with Crippen molar-refractivity contribution in [3.05, 3.63) is 28.2 Å². The van der Waals surface area contributed by atoms with Crippen molar-refractivity contribution < 1.29 is 13.2 Å². The molecule has 7 heteroatoms. The summed E-state index contributed by atoms with van der Waals surface area (Å²) >= 11 is 3.45. The third-order valence-electron chi connectivity index (χ3n) is 4.05. The van der Waals surface area contributed by atoms with Crippen molar-refractivity contribution in [1.29, 1.82) is 0 Å². The number of hydrogen-bond donors (Lipinski definition) is 0. The van der Waals surface area contributed by atoms with Crippen LogP contribution in [0.3, 0.4) is 0 Å². The molecule has 2 rings (SSSR count). The van der Waals surface area contributed by atoms with Gasteiger partial charge in [-0.1, -0.05) is 26.0 Å². The van der Waals surface area contributed by atoms with Gasteiger partial charge in [0, 0.05) is 30.5 Å². The van der Waals surface area contributed by atoms with Gasteiger partial charge in [0.15, 0.2) is 5.25 Å². The van der Waals surface area contributed by atoms with Gasteiger partial charge < -0.3 is 4.90 Å². The second kappa shape index (κ2) is 5.53. The molecule has 1 aliphatic heterocycles. The lowest BCUT2D eigenvalue weighted by atomic mass is 9.87. The Labute approximate surface area is 140 Å². The highest BCUT2D eigenvalue weighted by atomic mass is 79.9. The summed E-state index contributed by atoms with van der Waals surface area (Å²) in [5, 5.41) is -1.11. The maximum absolute atomic E-state index is 12.9. The normalized spacial score (nSPS) is 18.0. The van der Waals surface area contributed by atoms with Crippen molar-refractivity contribution in [3.8, 4) is 0 Å². The first kappa shape index (κ1) is 17.3. The molecule has 1 aliphatic rings. The van der Waals surface area contributed by atoms with Crippen LogP contribution < -0.4 is 4.31 Å². The highest BCUT2D eigenvalue weighted by molar-refractivity contribution is 9.10. The smallest absolute Gasteiger partial charge is 0.246 e. The van der Waals surface area contributed by atoms with Crippen molar-refractivity contribution in [2.45, 2.75) is 31.4 Å². The number of anilines is 1. The number of halogens is 1. The van der Waals surface area contributed by atoms with Crippen LogP contribution in [0.5, 0.6) is 0 Å². The van der Waals surface area contributed by atoms with Crippen LogP contribution in [0, 0.1) is 0 Å². The van der Waals surface area contributed by atoms with Crippen LogP contribution in [0.1, 0.15) is 26.3 Å². The molecule has 0 fully saturated rings. The van der Waals surface area contributed by atoms with E-state index in [1.807, 2.05) is 32.0 Å². The molecule has 0 saturated carbocycles. The Hall–Kier alpha value is -1.08. The molecule has 1 heterocycles. The molecule has 5 nitrogen and oxygen atoms in total. The molecule has 0 radical (unpaired) electrons. The number of hydrogen-bond acceptors (Lipinski definition) is 3. The fraction of sp³-hybridized carbons (Fsp3) is 0.533. The molecule has 0 saturated heterocycles. The van der Waals surface area contributed by atoms with Crippen LogP contribution in [-0.4, -0.2) is 45.1 Å². The molecular weight excluding hydrogens is 368 g/mol. The number of para-hydroxylation sites is 1. The van der Waals surface area contributed by atoms with E-state index in [-0.39, 0.29) is 5.41 Å². The number of nitrogens with zero attached hydrogens (tertiary/aromatic N) is 2. The summed E-state index contributed by atoms with van der Waals surface area (Å²) in [6.07, 6.45) is 0. The highest BCUT2D eigenvalue weighted by Gasteiger charge is 2.45. The first-order valence-electron chi connectivity index (χ1n) is 7.02. The van der Waals surface area contributed by atoms with Crippen LogP contribution in [0.25, 0.3) is 0 Å². The van der Waals surface area contributed by atoms with E-state index in [4.69, 9.17) is 0 Å². The van der Waals surface area contributed by atoms with E-state index in [2.05, 4.69) is 15.9 Å². The average Bonchev–Trinajstić information content (AvgIpc) is 2.71. The lowest BCUT2D eigenvalue weighted by Crippen LogP contribution is -2.46. The van der Waals surface area contributed by atoms with Crippen molar-refractivity contribution in [1.82, 2.24) is 4.90 Å². The summed E-state index contributed by atoms with van der Waals surface area (Å²) in [5.41, 5.74) is 1.31. The van der Waals surface area contributed by atoms with Crippen molar-refractivity contribution in [3.63, 3.8) is 0 Å². The van der Waals surface area contributed by atoms with Gasteiger partial charge in [-0.3, -0.25) is 9.10 Å². The third kappa shape index (κ3) is 2.65. The summed E-state index contributed by atoms with van der Waals surface area (Å²) in [7, 11) is -0.654. The summed E-state index contributed by atoms with van der Waals surface area (Å²) in [6, 6.07) is 5.66. The number of fused-ring (bicyclic) bond motifs is 1. The number of sulfonamides is 1. The molecule has 0 aliphatic carbocycles. The number of carbonyl (C=O) groups is 1. The fourth-order valence-electron chi connectivity index (χ4n) is 2.74. The van der Waals surface area contributed by atoms with Gasteiger partial charge in [0.2, 0.25) is 15.9 Å². The minimum atomic E-state index is -3.78. The molecule has 0 spiro atoms. The minimum Gasteiger partial charge on any atom is -0.348 e. The summed E-state index contributed by atoms with van der Waals surface area (Å²) in [4.78, 5) is 13.4. The summed E-state index contributed by atoms with van der Waals surface area (Å²) < 4.78 is 28.0. The van der Waals surface area contributed by atoms with Crippen LogP contribution in [-0.2, 0) is 20.2 Å². The summed E-state index contributed by atoms with van der Waals surface area (Å²) in [6.45, 7) is 5.79. The predicted octanol–water partition coefficient (Wildman–Crippen LogP) is 2.35. The van der Waals surface area contributed by atoms with E-state index in [0.717, 1.165) is 10.0 Å². The zero-order valence-electron chi connectivity index (χ0n) is 13.4. The fourth-order valence-corrected chi connectivity index (χ4v) is 5.24. The second-order valence-electron chi connectivity index (χ2n) is 6.45. The van der Waals surface area contributed by atoms with Crippen molar-refractivity contribution >= 4 is 37.5 Å². The molecule has 1 amide bonds. The van der Waals surface area contributed by atoms with Crippen LogP contribution in [0.2, 0.25) is 0 Å². The lowest BCUT2D eigenvalue weighted by Gasteiger charge is -2.26. The molecule has 1 aromatic rings. The standard InChI is InChI=1S/C15H21BrN2O3S/c1-10(14(19)17(4)5)22(20,21)18-9-15(2,3)11-7-6-8-12(16)13(11)18/h6-8,10H,9H2,1-5H3. The molecule has 1 atom stereocenters. The first-order chi connectivity index (χ1) is 10.00. The van der Waals surface area contributed by atoms with Gasteiger partial charge in [-0.25, -0.2) is 8.42 Å². The highest BCUT2D eigenvalue weighted by Crippen LogP contribution is 2.46. The van der Waals surface area contributed by atoms with Gasteiger partial charge in [-0.05, 0) is 34.5 Å². The molecular formula is C15H21BrN2O3S. The first-order valence-corrected chi connectivity index (χ1v) is 9.31. The SMILES string of the molecule is CC(C(=O)N(C)C)S(=O)(=O)N1CC(C)(C)c2cccc(Br)c21. The van der Waals surface area contributed by atoms with E-state index in [9.17, 15) is 13.2 Å². The van der Waals surface area contributed by atoms with Gasteiger partial charge in [0.25, 0.3) is 0 Å². The molecule has 0 N–H and O–H groups in total. The zero-order valence-corrected chi connectivity index (χ0v) is 15.8. The molecule has 0 bridgehead atoms.